The number of aliphatic hydroxyl groups is 4. The van der Waals surface area contributed by atoms with Crippen LogP contribution >= 0.6 is 0 Å². The van der Waals surface area contributed by atoms with Crippen molar-refractivity contribution >= 4 is 0 Å². The number of hydrogen-bond acceptors (Lipinski definition) is 5. The number of ether oxygens (including phenoxy) is 1. The Morgan fingerprint density at radius 1 is 0.548 bits per heavy atom. The minimum absolute atomic E-state index is 0.0195. The van der Waals surface area contributed by atoms with Gasteiger partial charge in [-0.3, -0.25) is 0 Å². The second-order valence-corrected chi connectivity index (χ2v) is 10.7. The van der Waals surface area contributed by atoms with Crippen LogP contribution in [0.3, 0.4) is 0 Å². The Morgan fingerprint density at radius 3 is 1.19 bits per heavy atom. The van der Waals surface area contributed by atoms with Gasteiger partial charge in [-0.2, -0.15) is 0 Å². The molecule has 0 aliphatic rings. The molecule has 0 amide bonds. The summed E-state index contributed by atoms with van der Waals surface area (Å²) in [4.78, 5) is 0. The van der Waals surface area contributed by atoms with Gasteiger partial charge in [0.25, 0.3) is 0 Å². The van der Waals surface area contributed by atoms with Gasteiger partial charge in [0, 0.05) is 0 Å². The standard InChI is InChI=1S/C26H54O5/c1-23(2)15-11-7-5-9-13-17-25(29,19-27)21-31-22-26(30,20-28)18-14-10-6-8-12-16-24(3)4/h23-24,27-30H,5-22H2,1-4H3. The first kappa shape index (κ1) is 30.8. The van der Waals surface area contributed by atoms with Crippen LogP contribution in [0.4, 0.5) is 0 Å². The van der Waals surface area contributed by atoms with Gasteiger partial charge in [0.05, 0.1) is 26.4 Å². The van der Waals surface area contributed by atoms with E-state index in [0.29, 0.717) is 12.8 Å². The molecule has 4 N–H and O–H groups in total. The quantitative estimate of drug-likeness (QED) is 0.171. The van der Waals surface area contributed by atoms with Gasteiger partial charge in [-0.05, 0) is 24.7 Å². The summed E-state index contributed by atoms with van der Waals surface area (Å²) in [5.74, 6) is 1.51. The first-order chi connectivity index (χ1) is 14.7. The minimum atomic E-state index is -1.27. The smallest absolute Gasteiger partial charge is 0.111 e. The predicted octanol–water partition coefficient (Wildman–Crippen LogP) is 5.22. The summed E-state index contributed by atoms with van der Waals surface area (Å²) in [7, 11) is 0. The topological polar surface area (TPSA) is 90.2 Å². The Kier molecular flexibility index (Phi) is 18.1. The maximum absolute atomic E-state index is 10.6. The van der Waals surface area contributed by atoms with Gasteiger partial charge >= 0.3 is 0 Å². The van der Waals surface area contributed by atoms with E-state index >= 15 is 0 Å². The van der Waals surface area contributed by atoms with E-state index in [1.165, 1.54) is 38.5 Å². The second-order valence-electron chi connectivity index (χ2n) is 10.7. The summed E-state index contributed by atoms with van der Waals surface area (Å²) >= 11 is 0. The molecular weight excluding hydrogens is 392 g/mol. The second kappa shape index (κ2) is 18.3. The lowest BCUT2D eigenvalue weighted by molar-refractivity contribution is -0.129. The van der Waals surface area contributed by atoms with Crippen LogP contribution in [0.5, 0.6) is 0 Å². The third-order valence-electron chi connectivity index (χ3n) is 6.18. The molecule has 0 heterocycles. The van der Waals surface area contributed by atoms with Gasteiger partial charge in [-0.15, -0.1) is 0 Å². The molecule has 0 aliphatic heterocycles. The lowest BCUT2D eigenvalue weighted by Crippen LogP contribution is -2.43. The highest BCUT2D eigenvalue weighted by Crippen LogP contribution is 2.21. The van der Waals surface area contributed by atoms with Crippen molar-refractivity contribution < 1.29 is 25.2 Å². The zero-order valence-electron chi connectivity index (χ0n) is 21.1. The Morgan fingerprint density at radius 2 is 0.871 bits per heavy atom. The van der Waals surface area contributed by atoms with Crippen LogP contribution in [-0.4, -0.2) is 58.1 Å². The Bertz CT molecular complexity index is 365. The minimum Gasteiger partial charge on any atom is -0.393 e. The highest BCUT2D eigenvalue weighted by Gasteiger charge is 2.30. The Labute approximate surface area is 192 Å². The van der Waals surface area contributed by atoms with E-state index in [1.807, 2.05) is 0 Å². The van der Waals surface area contributed by atoms with E-state index in [0.717, 1.165) is 50.4 Å². The molecule has 5 heteroatoms. The summed E-state index contributed by atoms with van der Waals surface area (Å²) in [6.07, 6.45) is 14.5. The monoisotopic (exact) mass is 446 g/mol. The van der Waals surface area contributed by atoms with E-state index in [9.17, 15) is 20.4 Å². The molecule has 0 bridgehead atoms. The molecule has 0 saturated carbocycles. The zero-order valence-corrected chi connectivity index (χ0v) is 21.1. The van der Waals surface area contributed by atoms with Crippen LogP contribution in [0.25, 0.3) is 0 Å². The molecular formula is C26H54O5. The predicted molar refractivity (Wildman–Crippen MR) is 129 cm³/mol. The van der Waals surface area contributed by atoms with Gasteiger partial charge < -0.3 is 25.2 Å². The van der Waals surface area contributed by atoms with Crippen molar-refractivity contribution in [3.63, 3.8) is 0 Å². The average molecular weight is 447 g/mol. The molecule has 2 unspecified atom stereocenters. The van der Waals surface area contributed by atoms with Gasteiger partial charge in [0.2, 0.25) is 0 Å². The van der Waals surface area contributed by atoms with E-state index in [1.54, 1.807) is 0 Å². The molecule has 0 fully saturated rings. The number of rotatable bonds is 22. The van der Waals surface area contributed by atoms with E-state index in [2.05, 4.69) is 27.7 Å². The van der Waals surface area contributed by atoms with Gasteiger partial charge in [0.1, 0.15) is 11.2 Å². The normalized spacial score (nSPS) is 16.1. The molecule has 2 atom stereocenters. The van der Waals surface area contributed by atoms with Crippen molar-refractivity contribution in [3.05, 3.63) is 0 Å². The molecule has 0 radical (unpaired) electrons. The van der Waals surface area contributed by atoms with Crippen LogP contribution < -0.4 is 0 Å². The third-order valence-corrected chi connectivity index (χ3v) is 6.18. The van der Waals surface area contributed by atoms with Gasteiger partial charge in [0.15, 0.2) is 0 Å². The van der Waals surface area contributed by atoms with Crippen molar-refractivity contribution in [1.82, 2.24) is 0 Å². The van der Waals surface area contributed by atoms with E-state index in [-0.39, 0.29) is 26.4 Å². The first-order valence-corrected chi connectivity index (χ1v) is 12.9. The van der Waals surface area contributed by atoms with E-state index < -0.39 is 11.2 Å². The summed E-state index contributed by atoms with van der Waals surface area (Å²) in [6.45, 7) is 8.23. The molecule has 0 aliphatic carbocycles. The van der Waals surface area contributed by atoms with Crippen LogP contribution in [0.2, 0.25) is 0 Å². The van der Waals surface area contributed by atoms with Crippen molar-refractivity contribution in [2.75, 3.05) is 26.4 Å². The molecule has 0 saturated heterocycles. The van der Waals surface area contributed by atoms with Crippen molar-refractivity contribution in [2.45, 2.75) is 129 Å². The molecule has 0 aromatic heterocycles. The first-order valence-electron chi connectivity index (χ1n) is 12.9. The third kappa shape index (κ3) is 18.0. The molecule has 5 nitrogen and oxygen atoms in total. The average Bonchev–Trinajstić information content (AvgIpc) is 2.72. The fourth-order valence-corrected chi connectivity index (χ4v) is 3.90. The van der Waals surface area contributed by atoms with Crippen LogP contribution in [0.15, 0.2) is 0 Å². The molecule has 0 aromatic rings. The van der Waals surface area contributed by atoms with Crippen LogP contribution in [-0.2, 0) is 4.74 Å². The zero-order chi connectivity index (χ0) is 23.6. The van der Waals surface area contributed by atoms with Gasteiger partial charge in [-0.25, -0.2) is 0 Å². The fraction of sp³-hybridized carbons (Fsp3) is 1.00. The summed E-state index contributed by atoms with van der Waals surface area (Å²) in [6, 6.07) is 0. The fourth-order valence-electron chi connectivity index (χ4n) is 3.90. The summed E-state index contributed by atoms with van der Waals surface area (Å²) in [5, 5.41) is 40.4. The number of hydrogen-bond donors (Lipinski definition) is 4. The lowest BCUT2D eigenvalue weighted by Gasteiger charge is -2.30. The van der Waals surface area contributed by atoms with Crippen molar-refractivity contribution in [1.29, 1.82) is 0 Å². The molecule has 0 rings (SSSR count). The molecule has 0 spiro atoms. The lowest BCUT2D eigenvalue weighted by atomic mass is 9.95. The Hall–Kier alpha value is -0.200. The molecule has 188 valence electrons. The van der Waals surface area contributed by atoms with E-state index in [4.69, 9.17) is 4.74 Å². The number of aliphatic hydroxyl groups excluding tert-OH is 2. The van der Waals surface area contributed by atoms with Crippen molar-refractivity contribution in [3.8, 4) is 0 Å². The maximum atomic E-state index is 10.6. The van der Waals surface area contributed by atoms with Crippen LogP contribution in [0.1, 0.15) is 118 Å². The van der Waals surface area contributed by atoms with Crippen molar-refractivity contribution in [2.24, 2.45) is 11.8 Å². The summed E-state index contributed by atoms with van der Waals surface area (Å²) < 4.78 is 5.57. The highest BCUT2D eigenvalue weighted by atomic mass is 16.5. The molecule has 0 aromatic carbocycles. The largest absolute Gasteiger partial charge is 0.393 e. The van der Waals surface area contributed by atoms with Gasteiger partial charge in [-0.1, -0.05) is 105 Å². The Balaban J connectivity index is 4.01. The maximum Gasteiger partial charge on any atom is 0.111 e. The van der Waals surface area contributed by atoms with Crippen LogP contribution in [0, 0.1) is 11.8 Å². The molecule has 31 heavy (non-hydrogen) atoms. The number of unbranched alkanes of at least 4 members (excludes halogenated alkanes) is 8. The SMILES string of the molecule is CC(C)CCCCCCCC(O)(CO)COCC(O)(CO)CCCCCCCC(C)C. The highest BCUT2D eigenvalue weighted by molar-refractivity contribution is 4.81. The summed E-state index contributed by atoms with van der Waals surface area (Å²) in [5.41, 5.74) is -2.55.